The highest BCUT2D eigenvalue weighted by atomic mass is 16.5. The van der Waals surface area contributed by atoms with Gasteiger partial charge < -0.3 is 14.8 Å². The molecule has 0 saturated carbocycles. The van der Waals surface area contributed by atoms with Crippen molar-refractivity contribution in [1.29, 1.82) is 0 Å². The molecule has 0 amide bonds. The fourth-order valence-corrected chi connectivity index (χ4v) is 4.36. The van der Waals surface area contributed by atoms with Gasteiger partial charge in [0.25, 0.3) is 0 Å². The Hall–Kier alpha value is -3.00. The molecule has 0 aromatic carbocycles. The van der Waals surface area contributed by atoms with E-state index >= 15 is 0 Å². The number of nitrogens with one attached hydrogen (secondary N) is 2. The van der Waals surface area contributed by atoms with Crippen LogP contribution in [-0.4, -0.2) is 49.7 Å². The lowest BCUT2D eigenvalue weighted by Gasteiger charge is -2.46. The SMILES string of the molecule is COc1nc(-c2ccc(OC3CC(C)(C)NC(C)(C)C3)nn2)ccc1-c1cn[nH]c1. The predicted molar refractivity (Wildman–Crippen MR) is 114 cm³/mol. The number of hydrogen-bond acceptors (Lipinski definition) is 7. The second kappa shape index (κ2) is 7.68. The van der Waals surface area contributed by atoms with Crippen LogP contribution in [0.5, 0.6) is 11.8 Å². The fraction of sp³-hybridized carbons (Fsp3) is 0.455. The molecule has 158 valence electrons. The van der Waals surface area contributed by atoms with Crippen molar-refractivity contribution in [1.82, 2.24) is 30.7 Å². The summed E-state index contributed by atoms with van der Waals surface area (Å²) in [5.41, 5.74) is 3.13. The quantitative estimate of drug-likeness (QED) is 0.665. The molecule has 1 aliphatic rings. The van der Waals surface area contributed by atoms with Gasteiger partial charge in [0.15, 0.2) is 0 Å². The van der Waals surface area contributed by atoms with Crippen molar-refractivity contribution in [2.24, 2.45) is 0 Å². The smallest absolute Gasteiger partial charge is 0.233 e. The van der Waals surface area contributed by atoms with E-state index in [9.17, 15) is 0 Å². The summed E-state index contributed by atoms with van der Waals surface area (Å²) in [7, 11) is 1.60. The predicted octanol–water partition coefficient (Wildman–Crippen LogP) is 3.63. The Bertz CT molecular complexity index is 983. The monoisotopic (exact) mass is 408 g/mol. The summed E-state index contributed by atoms with van der Waals surface area (Å²) < 4.78 is 11.6. The van der Waals surface area contributed by atoms with Crippen LogP contribution in [0, 0.1) is 0 Å². The average molecular weight is 409 g/mol. The zero-order valence-corrected chi connectivity index (χ0v) is 18.1. The van der Waals surface area contributed by atoms with Crippen molar-refractivity contribution >= 4 is 0 Å². The molecule has 4 heterocycles. The fourth-order valence-electron chi connectivity index (χ4n) is 4.36. The van der Waals surface area contributed by atoms with Crippen LogP contribution in [0.3, 0.4) is 0 Å². The summed E-state index contributed by atoms with van der Waals surface area (Å²) in [5.74, 6) is 1.04. The minimum atomic E-state index is 0.0109. The second-order valence-electron chi connectivity index (χ2n) is 9.04. The van der Waals surface area contributed by atoms with Crippen molar-refractivity contribution in [3.8, 4) is 34.3 Å². The molecule has 1 aliphatic heterocycles. The zero-order chi connectivity index (χ0) is 21.4. The summed E-state index contributed by atoms with van der Waals surface area (Å²) in [6, 6.07) is 7.56. The largest absolute Gasteiger partial charge is 0.481 e. The number of rotatable bonds is 5. The molecular weight excluding hydrogens is 380 g/mol. The van der Waals surface area contributed by atoms with Gasteiger partial charge in [0, 0.05) is 47.3 Å². The highest BCUT2D eigenvalue weighted by Gasteiger charge is 2.38. The molecule has 0 unspecified atom stereocenters. The third-order valence-corrected chi connectivity index (χ3v) is 5.21. The van der Waals surface area contributed by atoms with Crippen molar-refractivity contribution in [2.75, 3.05) is 7.11 Å². The number of aromatic nitrogens is 5. The lowest BCUT2D eigenvalue weighted by Crippen LogP contribution is -2.60. The van der Waals surface area contributed by atoms with Gasteiger partial charge in [0.05, 0.1) is 19.0 Å². The summed E-state index contributed by atoms with van der Waals surface area (Å²) in [5, 5.41) is 19.1. The van der Waals surface area contributed by atoms with E-state index < -0.39 is 0 Å². The Kier molecular flexibility index (Phi) is 5.19. The molecule has 0 atom stereocenters. The Labute approximate surface area is 176 Å². The molecule has 0 aliphatic carbocycles. The lowest BCUT2D eigenvalue weighted by atomic mass is 9.81. The van der Waals surface area contributed by atoms with E-state index in [1.807, 2.05) is 24.3 Å². The molecule has 1 saturated heterocycles. The molecule has 4 rings (SSSR count). The number of hydrogen-bond donors (Lipinski definition) is 2. The van der Waals surface area contributed by atoms with E-state index in [-0.39, 0.29) is 17.2 Å². The number of nitrogens with zero attached hydrogens (tertiary/aromatic N) is 4. The van der Waals surface area contributed by atoms with Gasteiger partial charge in [-0.3, -0.25) is 5.10 Å². The second-order valence-corrected chi connectivity index (χ2v) is 9.04. The van der Waals surface area contributed by atoms with Crippen LogP contribution in [0.15, 0.2) is 36.7 Å². The van der Waals surface area contributed by atoms with Crippen molar-refractivity contribution < 1.29 is 9.47 Å². The molecule has 8 heteroatoms. The first-order valence-electron chi connectivity index (χ1n) is 10.1. The standard InChI is InChI=1S/C22H28N6O2/c1-21(2)10-15(11-22(3,4)28-21)30-19-9-8-18(26-27-19)17-7-6-16(20(25-17)29-5)14-12-23-24-13-14/h6-9,12-13,15,28H,10-11H2,1-5H3,(H,23,24). The number of aromatic amines is 1. The van der Waals surface area contributed by atoms with Crippen molar-refractivity contribution in [2.45, 2.75) is 57.7 Å². The Morgan fingerprint density at radius 3 is 2.30 bits per heavy atom. The number of piperidine rings is 1. The molecule has 3 aromatic rings. The van der Waals surface area contributed by atoms with Gasteiger partial charge in [-0.15, -0.1) is 10.2 Å². The van der Waals surface area contributed by atoms with Gasteiger partial charge in [-0.1, -0.05) is 0 Å². The molecule has 3 aromatic heterocycles. The van der Waals surface area contributed by atoms with Gasteiger partial charge in [0.2, 0.25) is 11.8 Å². The molecule has 30 heavy (non-hydrogen) atoms. The summed E-state index contributed by atoms with van der Waals surface area (Å²) in [6.07, 6.45) is 5.44. The van der Waals surface area contributed by atoms with Crippen LogP contribution < -0.4 is 14.8 Å². The zero-order valence-electron chi connectivity index (χ0n) is 18.1. The van der Waals surface area contributed by atoms with Crippen LogP contribution in [0.1, 0.15) is 40.5 Å². The Balaban J connectivity index is 1.51. The van der Waals surface area contributed by atoms with E-state index in [0.717, 1.165) is 24.0 Å². The van der Waals surface area contributed by atoms with Gasteiger partial charge in [-0.2, -0.15) is 5.10 Å². The third kappa shape index (κ3) is 4.43. The molecule has 0 bridgehead atoms. The maximum Gasteiger partial charge on any atom is 0.233 e. The topological polar surface area (TPSA) is 97.8 Å². The molecule has 2 N–H and O–H groups in total. The van der Waals surface area contributed by atoms with E-state index in [0.29, 0.717) is 23.1 Å². The molecule has 8 nitrogen and oxygen atoms in total. The summed E-state index contributed by atoms with van der Waals surface area (Å²) >= 11 is 0. The normalized spacial score (nSPS) is 18.2. The first kappa shape index (κ1) is 20.3. The van der Waals surface area contributed by atoms with Gasteiger partial charge in [0.1, 0.15) is 11.8 Å². The van der Waals surface area contributed by atoms with Crippen molar-refractivity contribution in [3.05, 3.63) is 36.7 Å². The molecule has 1 fully saturated rings. The van der Waals surface area contributed by atoms with Crippen molar-refractivity contribution in [3.63, 3.8) is 0 Å². The highest BCUT2D eigenvalue weighted by Crippen LogP contribution is 2.32. The van der Waals surface area contributed by atoms with Gasteiger partial charge in [-0.25, -0.2) is 4.98 Å². The van der Waals surface area contributed by atoms with E-state index in [1.54, 1.807) is 19.5 Å². The molecule has 0 radical (unpaired) electrons. The van der Waals surface area contributed by atoms with Crippen LogP contribution in [0.25, 0.3) is 22.5 Å². The minimum Gasteiger partial charge on any atom is -0.481 e. The average Bonchev–Trinajstić information content (AvgIpc) is 3.20. The Morgan fingerprint density at radius 2 is 1.70 bits per heavy atom. The number of methoxy groups -OCH3 is 1. The summed E-state index contributed by atoms with van der Waals surface area (Å²) in [4.78, 5) is 4.59. The number of H-pyrrole nitrogens is 1. The first-order chi connectivity index (χ1) is 14.2. The van der Waals surface area contributed by atoms with Crippen LogP contribution in [0.4, 0.5) is 0 Å². The summed E-state index contributed by atoms with van der Waals surface area (Å²) in [6.45, 7) is 8.80. The van der Waals surface area contributed by atoms with Crippen LogP contribution >= 0.6 is 0 Å². The maximum atomic E-state index is 6.16. The number of pyridine rings is 1. The Morgan fingerprint density at radius 1 is 0.967 bits per heavy atom. The highest BCUT2D eigenvalue weighted by molar-refractivity contribution is 5.70. The number of ether oxygens (including phenoxy) is 2. The van der Waals surface area contributed by atoms with E-state index in [2.05, 4.69) is 58.4 Å². The van der Waals surface area contributed by atoms with Gasteiger partial charge in [-0.05, 0) is 45.9 Å². The first-order valence-corrected chi connectivity index (χ1v) is 10.1. The molecule has 0 spiro atoms. The third-order valence-electron chi connectivity index (χ3n) is 5.21. The van der Waals surface area contributed by atoms with E-state index in [4.69, 9.17) is 9.47 Å². The maximum absolute atomic E-state index is 6.16. The van der Waals surface area contributed by atoms with E-state index in [1.165, 1.54) is 0 Å². The molecular formula is C22H28N6O2. The van der Waals surface area contributed by atoms with Crippen LogP contribution in [0.2, 0.25) is 0 Å². The van der Waals surface area contributed by atoms with Crippen LogP contribution in [-0.2, 0) is 0 Å². The van der Waals surface area contributed by atoms with Gasteiger partial charge >= 0.3 is 0 Å². The minimum absolute atomic E-state index is 0.0109. The lowest BCUT2D eigenvalue weighted by molar-refractivity contribution is 0.0524.